The van der Waals surface area contributed by atoms with E-state index in [1.165, 1.54) is 23.8 Å². The topological polar surface area (TPSA) is 57.2 Å². The van der Waals surface area contributed by atoms with Gasteiger partial charge in [-0.3, -0.25) is 4.79 Å². The Morgan fingerprint density at radius 3 is 2.40 bits per heavy atom. The van der Waals surface area contributed by atoms with E-state index in [-0.39, 0.29) is 10.7 Å². The van der Waals surface area contributed by atoms with Gasteiger partial charge in [-0.25, -0.2) is 0 Å². The molecule has 0 aliphatic rings. The highest BCUT2D eigenvalue weighted by molar-refractivity contribution is 7.16. The SMILES string of the molecule is Cc1ccc(/C=C/C(=O)c2ccc(C(=O)[O-])s2)c(C)c1. The van der Waals surface area contributed by atoms with E-state index >= 15 is 0 Å². The van der Waals surface area contributed by atoms with Gasteiger partial charge in [0.1, 0.15) is 0 Å². The Morgan fingerprint density at radius 1 is 1.10 bits per heavy atom. The van der Waals surface area contributed by atoms with Gasteiger partial charge < -0.3 is 9.90 Å². The summed E-state index contributed by atoms with van der Waals surface area (Å²) in [6, 6.07) is 8.87. The molecule has 3 nitrogen and oxygen atoms in total. The first-order valence-electron chi connectivity index (χ1n) is 6.08. The molecule has 1 aromatic carbocycles. The van der Waals surface area contributed by atoms with Gasteiger partial charge in [0.25, 0.3) is 0 Å². The maximum Gasteiger partial charge on any atom is 0.195 e. The minimum Gasteiger partial charge on any atom is -0.544 e. The van der Waals surface area contributed by atoms with Gasteiger partial charge in [0.2, 0.25) is 0 Å². The van der Waals surface area contributed by atoms with E-state index in [1.807, 2.05) is 32.0 Å². The molecule has 0 saturated carbocycles. The van der Waals surface area contributed by atoms with Crippen LogP contribution in [-0.4, -0.2) is 11.8 Å². The van der Waals surface area contributed by atoms with E-state index < -0.39 is 5.97 Å². The average molecular weight is 285 g/mol. The van der Waals surface area contributed by atoms with Crippen LogP contribution in [0.25, 0.3) is 6.08 Å². The van der Waals surface area contributed by atoms with E-state index in [9.17, 15) is 14.7 Å². The second-order valence-corrected chi connectivity index (χ2v) is 5.59. The van der Waals surface area contributed by atoms with Gasteiger partial charge in [0.05, 0.1) is 15.7 Å². The molecule has 20 heavy (non-hydrogen) atoms. The van der Waals surface area contributed by atoms with Crippen LogP contribution >= 0.6 is 11.3 Å². The molecule has 0 saturated heterocycles. The van der Waals surface area contributed by atoms with E-state index in [1.54, 1.807) is 6.08 Å². The van der Waals surface area contributed by atoms with Crippen molar-refractivity contribution in [1.29, 1.82) is 0 Å². The van der Waals surface area contributed by atoms with Crippen molar-refractivity contribution in [1.82, 2.24) is 0 Å². The lowest BCUT2D eigenvalue weighted by molar-refractivity contribution is -0.254. The molecule has 0 aliphatic heterocycles. The summed E-state index contributed by atoms with van der Waals surface area (Å²) in [5.74, 6) is -1.46. The molecule has 0 unspecified atom stereocenters. The van der Waals surface area contributed by atoms with Crippen LogP contribution in [0.1, 0.15) is 36.0 Å². The number of hydrogen-bond donors (Lipinski definition) is 0. The zero-order chi connectivity index (χ0) is 14.7. The Kier molecular flexibility index (Phi) is 4.15. The minimum absolute atomic E-state index is 0.0632. The number of ketones is 1. The highest BCUT2D eigenvalue weighted by Crippen LogP contribution is 2.18. The van der Waals surface area contributed by atoms with Gasteiger partial charge in [-0.2, -0.15) is 0 Å². The monoisotopic (exact) mass is 285 g/mol. The molecular formula is C16H13O3S-. The third-order valence-corrected chi connectivity index (χ3v) is 3.97. The first-order valence-corrected chi connectivity index (χ1v) is 6.90. The van der Waals surface area contributed by atoms with Crippen molar-refractivity contribution in [3.8, 4) is 0 Å². The number of hydrogen-bond acceptors (Lipinski definition) is 4. The number of rotatable bonds is 4. The van der Waals surface area contributed by atoms with Crippen LogP contribution in [0.3, 0.4) is 0 Å². The first-order chi connectivity index (χ1) is 9.47. The summed E-state index contributed by atoms with van der Waals surface area (Å²) in [4.78, 5) is 23.1. The largest absolute Gasteiger partial charge is 0.544 e. The van der Waals surface area contributed by atoms with Gasteiger partial charge in [-0.05, 0) is 43.2 Å². The number of carbonyl (C=O) groups is 2. The maximum atomic E-state index is 11.9. The summed E-state index contributed by atoms with van der Waals surface area (Å²) in [5.41, 5.74) is 3.24. The fourth-order valence-corrected chi connectivity index (χ4v) is 2.60. The zero-order valence-corrected chi connectivity index (χ0v) is 12.0. The molecular weight excluding hydrogens is 272 g/mol. The maximum absolute atomic E-state index is 11.9. The summed E-state index contributed by atoms with van der Waals surface area (Å²) >= 11 is 0.928. The predicted molar refractivity (Wildman–Crippen MR) is 77.9 cm³/mol. The number of allylic oxidation sites excluding steroid dienone is 1. The summed E-state index contributed by atoms with van der Waals surface area (Å²) in [6.07, 6.45) is 3.21. The number of carboxylic acid groups (broad SMARTS) is 1. The summed E-state index contributed by atoms with van der Waals surface area (Å²) in [6.45, 7) is 4.00. The Balaban J connectivity index is 2.17. The molecule has 2 aromatic rings. The van der Waals surface area contributed by atoms with E-state index in [4.69, 9.17) is 0 Å². The zero-order valence-electron chi connectivity index (χ0n) is 11.2. The molecule has 0 radical (unpaired) electrons. The number of aromatic carboxylic acids is 1. The molecule has 1 heterocycles. The number of aryl methyl sites for hydroxylation is 2. The smallest absolute Gasteiger partial charge is 0.195 e. The third-order valence-electron chi connectivity index (χ3n) is 2.89. The summed E-state index contributed by atoms with van der Waals surface area (Å²) in [7, 11) is 0. The highest BCUT2D eigenvalue weighted by Gasteiger charge is 2.07. The van der Waals surface area contributed by atoms with Crippen molar-refractivity contribution >= 4 is 29.2 Å². The molecule has 0 aliphatic carbocycles. The van der Waals surface area contributed by atoms with Crippen LogP contribution in [0.4, 0.5) is 0 Å². The van der Waals surface area contributed by atoms with Crippen molar-refractivity contribution in [2.75, 3.05) is 0 Å². The van der Waals surface area contributed by atoms with Crippen molar-refractivity contribution in [3.63, 3.8) is 0 Å². The van der Waals surface area contributed by atoms with Crippen molar-refractivity contribution in [3.05, 3.63) is 62.9 Å². The molecule has 102 valence electrons. The van der Waals surface area contributed by atoms with Crippen LogP contribution in [-0.2, 0) is 0 Å². The van der Waals surface area contributed by atoms with Crippen LogP contribution in [0.5, 0.6) is 0 Å². The molecule has 0 amide bonds. The second kappa shape index (κ2) is 5.84. The number of carboxylic acids is 1. The lowest BCUT2D eigenvalue weighted by Gasteiger charge is -2.01. The molecule has 0 N–H and O–H groups in total. The van der Waals surface area contributed by atoms with Crippen LogP contribution in [0, 0.1) is 13.8 Å². The summed E-state index contributed by atoms with van der Waals surface area (Å²) < 4.78 is 0. The fraction of sp³-hybridized carbons (Fsp3) is 0.125. The van der Waals surface area contributed by atoms with E-state index in [0.717, 1.165) is 22.5 Å². The van der Waals surface area contributed by atoms with Gasteiger partial charge in [0.15, 0.2) is 5.78 Å². The lowest BCUT2D eigenvalue weighted by atomic mass is 10.1. The van der Waals surface area contributed by atoms with Crippen LogP contribution < -0.4 is 5.11 Å². The van der Waals surface area contributed by atoms with Gasteiger partial charge in [-0.15, -0.1) is 11.3 Å². The van der Waals surface area contributed by atoms with E-state index in [0.29, 0.717) is 4.88 Å². The van der Waals surface area contributed by atoms with Crippen LogP contribution in [0.15, 0.2) is 36.4 Å². The Hall–Kier alpha value is -2.20. The molecule has 0 bridgehead atoms. The number of carbonyl (C=O) groups excluding carboxylic acids is 2. The van der Waals surface area contributed by atoms with Gasteiger partial charge >= 0.3 is 0 Å². The van der Waals surface area contributed by atoms with E-state index in [2.05, 4.69) is 0 Å². The molecule has 1 aromatic heterocycles. The molecule has 4 heteroatoms. The standard InChI is InChI=1S/C16H14O3S/c1-10-3-4-12(11(2)9-10)5-6-13(17)14-7-8-15(20-14)16(18)19/h3-9H,1-2H3,(H,18,19)/p-1/b6-5+. The molecule has 2 rings (SSSR count). The predicted octanol–water partition coefficient (Wildman–Crippen LogP) is 2.62. The van der Waals surface area contributed by atoms with Gasteiger partial charge in [0, 0.05) is 0 Å². The molecule has 0 fully saturated rings. The minimum atomic E-state index is -1.26. The Bertz CT molecular complexity index is 695. The number of benzene rings is 1. The molecule has 0 atom stereocenters. The summed E-state index contributed by atoms with van der Waals surface area (Å²) in [5, 5.41) is 10.7. The van der Waals surface area contributed by atoms with Gasteiger partial charge in [-0.1, -0.05) is 29.8 Å². The highest BCUT2D eigenvalue weighted by atomic mass is 32.1. The Morgan fingerprint density at radius 2 is 1.80 bits per heavy atom. The van der Waals surface area contributed by atoms with Crippen molar-refractivity contribution in [2.24, 2.45) is 0 Å². The Labute approximate surface area is 121 Å². The van der Waals surface area contributed by atoms with Crippen molar-refractivity contribution in [2.45, 2.75) is 13.8 Å². The lowest BCUT2D eigenvalue weighted by Crippen LogP contribution is -2.20. The molecule has 0 spiro atoms. The van der Waals surface area contributed by atoms with Crippen molar-refractivity contribution < 1.29 is 14.7 Å². The average Bonchev–Trinajstić information content (AvgIpc) is 2.87. The quantitative estimate of drug-likeness (QED) is 0.641. The second-order valence-electron chi connectivity index (χ2n) is 4.51. The first kappa shape index (κ1) is 14.2. The normalized spacial score (nSPS) is 10.9. The fourth-order valence-electron chi connectivity index (χ4n) is 1.84. The third kappa shape index (κ3) is 3.22. The van der Waals surface area contributed by atoms with Crippen LogP contribution in [0.2, 0.25) is 0 Å². The number of thiophene rings is 1.